The van der Waals surface area contributed by atoms with Crippen LogP contribution in [0.2, 0.25) is 0 Å². The van der Waals surface area contributed by atoms with Gasteiger partial charge >= 0.3 is 0 Å². The lowest BCUT2D eigenvalue weighted by Crippen LogP contribution is -2.46. The lowest BCUT2D eigenvalue weighted by Gasteiger charge is -2.28. The summed E-state index contributed by atoms with van der Waals surface area (Å²) in [7, 11) is -5.00. The zero-order valence-electron chi connectivity index (χ0n) is 13.5. The summed E-state index contributed by atoms with van der Waals surface area (Å²) in [6.45, 7) is 2.72. The first-order valence-corrected chi connectivity index (χ1v) is 10.3. The number of benzene rings is 1. The third kappa shape index (κ3) is 4.10. The highest BCUT2D eigenvalue weighted by Crippen LogP contribution is 2.23. The molecule has 0 aromatic heterocycles. The monoisotopic (exact) mass is 361 g/mol. The number of nitrogens with one attached hydrogen (secondary N) is 2. The van der Waals surface area contributed by atoms with E-state index in [1.54, 1.807) is 0 Å². The van der Waals surface area contributed by atoms with Crippen molar-refractivity contribution in [2.75, 3.05) is 20.6 Å². The number of hydrogen-bond donors (Lipinski definition) is 2. The fourth-order valence-electron chi connectivity index (χ4n) is 2.60. The summed E-state index contributed by atoms with van der Waals surface area (Å²) in [5.41, 5.74) is 0. The van der Waals surface area contributed by atoms with Crippen LogP contribution in [0.3, 0.4) is 0 Å². The van der Waals surface area contributed by atoms with E-state index < -0.39 is 20.0 Å². The van der Waals surface area contributed by atoms with Gasteiger partial charge in [0.1, 0.15) is 9.79 Å². The third-order valence-electron chi connectivity index (χ3n) is 3.84. The summed E-state index contributed by atoms with van der Waals surface area (Å²) in [4.78, 5) is -0.417. The standard InChI is InChI=1S/C14H23N3O4S2/c1-11-10-12(8-9-15-11)16-22(18,19)13-6-4-5-7-14(13)23(20,21)17(2)3/h4-7,11-12,15-16H,8-10H2,1-3H3. The molecule has 0 bridgehead atoms. The van der Waals surface area contributed by atoms with Gasteiger partial charge in [-0.05, 0) is 38.4 Å². The van der Waals surface area contributed by atoms with Crippen molar-refractivity contribution in [3.8, 4) is 0 Å². The van der Waals surface area contributed by atoms with Crippen LogP contribution in [-0.4, -0.2) is 53.9 Å². The Labute approximate surface area is 138 Å². The smallest absolute Gasteiger partial charge is 0.243 e. The maximum Gasteiger partial charge on any atom is 0.243 e. The largest absolute Gasteiger partial charge is 0.314 e. The van der Waals surface area contributed by atoms with E-state index in [1.165, 1.54) is 38.4 Å². The molecule has 1 aromatic carbocycles. The van der Waals surface area contributed by atoms with Crippen molar-refractivity contribution in [3.63, 3.8) is 0 Å². The minimum absolute atomic E-state index is 0.202. The maximum absolute atomic E-state index is 12.7. The van der Waals surface area contributed by atoms with Crippen LogP contribution in [0.1, 0.15) is 19.8 Å². The van der Waals surface area contributed by atoms with E-state index in [-0.39, 0.29) is 21.9 Å². The normalized spacial score (nSPS) is 23.1. The SMILES string of the molecule is CC1CC(NS(=O)(=O)c2ccccc2S(=O)(=O)N(C)C)CCN1. The van der Waals surface area contributed by atoms with E-state index in [0.29, 0.717) is 12.8 Å². The lowest BCUT2D eigenvalue weighted by atomic mass is 10.0. The first-order valence-electron chi connectivity index (χ1n) is 7.42. The molecule has 0 spiro atoms. The van der Waals surface area contributed by atoms with Gasteiger partial charge in [-0.25, -0.2) is 25.9 Å². The molecule has 2 atom stereocenters. The van der Waals surface area contributed by atoms with E-state index in [2.05, 4.69) is 10.0 Å². The molecular formula is C14H23N3O4S2. The topological polar surface area (TPSA) is 95.6 Å². The summed E-state index contributed by atoms with van der Waals surface area (Å²) in [5, 5.41) is 3.25. The summed E-state index contributed by atoms with van der Waals surface area (Å²) >= 11 is 0. The fourth-order valence-corrected chi connectivity index (χ4v) is 5.59. The molecular weight excluding hydrogens is 338 g/mol. The van der Waals surface area contributed by atoms with Gasteiger partial charge in [-0.2, -0.15) is 0 Å². The molecule has 7 nitrogen and oxygen atoms in total. The van der Waals surface area contributed by atoms with Crippen molar-refractivity contribution >= 4 is 20.0 Å². The average molecular weight is 361 g/mol. The highest BCUT2D eigenvalue weighted by atomic mass is 32.2. The Kier molecular flexibility index (Phi) is 5.47. The first kappa shape index (κ1) is 18.3. The second-order valence-electron chi connectivity index (χ2n) is 5.93. The van der Waals surface area contributed by atoms with Crippen LogP contribution < -0.4 is 10.0 Å². The molecule has 23 heavy (non-hydrogen) atoms. The van der Waals surface area contributed by atoms with Crippen LogP contribution in [-0.2, 0) is 20.0 Å². The van der Waals surface area contributed by atoms with Crippen LogP contribution in [0.25, 0.3) is 0 Å². The molecule has 9 heteroatoms. The molecule has 130 valence electrons. The molecule has 0 aliphatic carbocycles. The van der Waals surface area contributed by atoms with Crippen LogP contribution in [0.15, 0.2) is 34.1 Å². The van der Waals surface area contributed by atoms with Crippen molar-refractivity contribution in [1.82, 2.24) is 14.3 Å². The molecule has 1 aromatic rings. The van der Waals surface area contributed by atoms with Crippen LogP contribution in [0.5, 0.6) is 0 Å². The Balaban J connectivity index is 2.37. The van der Waals surface area contributed by atoms with E-state index in [1.807, 2.05) is 6.92 Å². The van der Waals surface area contributed by atoms with E-state index in [9.17, 15) is 16.8 Å². The summed E-state index contributed by atoms with van der Waals surface area (Å²) in [6.07, 6.45) is 1.34. The van der Waals surface area contributed by atoms with Gasteiger partial charge in [0, 0.05) is 26.2 Å². The second-order valence-corrected chi connectivity index (χ2v) is 9.73. The minimum atomic E-state index is -3.91. The molecule has 0 amide bonds. The van der Waals surface area contributed by atoms with Crippen molar-refractivity contribution in [2.45, 2.75) is 41.6 Å². The lowest BCUT2D eigenvalue weighted by molar-refractivity contribution is 0.361. The first-order chi connectivity index (χ1) is 10.6. The number of sulfonamides is 2. The van der Waals surface area contributed by atoms with E-state index in [4.69, 9.17) is 0 Å². The van der Waals surface area contributed by atoms with Gasteiger partial charge in [-0.15, -0.1) is 0 Å². The highest BCUT2D eigenvalue weighted by molar-refractivity contribution is 7.92. The number of piperidine rings is 1. The second kappa shape index (κ2) is 6.86. The molecule has 1 heterocycles. The number of hydrogen-bond acceptors (Lipinski definition) is 5. The summed E-state index contributed by atoms with van der Waals surface area (Å²) < 4.78 is 53.8. The molecule has 0 radical (unpaired) electrons. The Morgan fingerprint density at radius 3 is 2.30 bits per heavy atom. The Bertz CT molecular complexity index is 760. The van der Waals surface area contributed by atoms with E-state index >= 15 is 0 Å². The van der Waals surface area contributed by atoms with Gasteiger partial charge in [0.05, 0.1) is 0 Å². The molecule has 1 saturated heterocycles. The zero-order valence-corrected chi connectivity index (χ0v) is 15.1. The molecule has 2 rings (SSSR count). The van der Waals surface area contributed by atoms with Crippen molar-refractivity contribution < 1.29 is 16.8 Å². The average Bonchev–Trinajstić information content (AvgIpc) is 2.46. The van der Waals surface area contributed by atoms with Gasteiger partial charge < -0.3 is 5.32 Å². The Morgan fingerprint density at radius 1 is 1.13 bits per heavy atom. The number of nitrogens with zero attached hydrogens (tertiary/aromatic N) is 1. The van der Waals surface area contributed by atoms with Gasteiger partial charge in [0.15, 0.2) is 0 Å². The molecule has 2 unspecified atom stereocenters. The van der Waals surface area contributed by atoms with Crippen molar-refractivity contribution in [2.24, 2.45) is 0 Å². The van der Waals surface area contributed by atoms with Gasteiger partial charge in [-0.3, -0.25) is 0 Å². The number of rotatable bonds is 5. The van der Waals surface area contributed by atoms with Crippen LogP contribution in [0, 0.1) is 0 Å². The predicted octanol–water partition coefficient (Wildman–Crippen LogP) is 0.356. The van der Waals surface area contributed by atoms with E-state index in [0.717, 1.165) is 10.8 Å². The summed E-state index contributed by atoms with van der Waals surface area (Å²) in [6, 6.07) is 5.69. The quantitative estimate of drug-likeness (QED) is 0.789. The Morgan fingerprint density at radius 2 is 1.74 bits per heavy atom. The zero-order chi connectivity index (χ0) is 17.3. The maximum atomic E-state index is 12.7. The molecule has 1 aliphatic heterocycles. The minimum Gasteiger partial charge on any atom is -0.314 e. The Hall–Kier alpha value is -1.00. The van der Waals surface area contributed by atoms with Crippen molar-refractivity contribution in [1.29, 1.82) is 0 Å². The molecule has 0 saturated carbocycles. The molecule has 2 N–H and O–H groups in total. The van der Waals surface area contributed by atoms with Gasteiger partial charge in [-0.1, -0.05) is 12.1 Å². The van der Waals surface area contributed by atoms with Gasteiger partial charge in [0.2, 0.25) is 20.0 Å². The molecule has 1 aliphatic rings. The van der Waals surface area contributed by atoms with Crippen LogP contribution in [0.4, 0.5) is 0 Å². The predicted molar refractivity (Wildman–Crippen MR) is 88.1 cm³/mol. The van der Waals surface area contributed by atoms with Crippen LogP contribution >= 0.6 is 0 Å². The highest BCUT2D eigenvalue weighted by Gasteiger charge is 2.30. The third-order valence-corrected chi connectivity index (χ3v) is 7.42. The molecule has 1 fully saturated rings. The van der Waals surface area contributed by atoms with Gasteiger partial charge in [0.25, 0.3) is 0 Å². The fraction of sp³-hybridized carbons (Fsp3) is 0.571. The van der Waals surface area contributed by atoms with Crippen molar-refractivity contribution in [3.05, 3.63) is 24.3 Å². The summed E-state index contributed by atoms with van der Waals surface area (Å²) in [5.74, 6) is 0.